The van der Waals surface area contributed by atoms with Gasteiger partial charge in [-0.15, -0.1) is 23.4 Å². The first kappa shape index (κ1) is 22.8. The smallest absolute Gasteiger partial charge is 0.330 e. The summed E-state index contributed by atoms with van der Waals surface area (Å²) >= 11 is 24.8. The van der Waals surface area contributed by atoms with Crippen molar-refractivity contribution in [3.8, 4) is 0 Å². The first-order chi connectivity index (χ1) is 13.5. The van der Waals surface area contributed by atoms with Crippen LogP contribution in [-0.2, 0) is 25.5 Å². The van der Waals surface area contributed by atoms with Crippen LogP contribution in [0.4, 0.5) is 0 Å². The molecule has 2 amide bonds. The standard InChI is InChI=1S/C18H18Cl4N2O4S/c1-17(19)9-29-15-12(23-11(25)7-10-5-3-2-4-6-10)14(26)24(15)13(17)16(27)28-8-18(20,21)22/h2-6,12-13,15H,7-9H2,1H3,(H,23,25)/t12?,13?,15-,17?/m1/s1. The van der Waals surface area contributed by atoms with Gasteiger partial charge >= 0.3 is 5.97 Å². The van der Waals surface area contributed by atoms with Crippen LogP contribution in [0.25, 0.3) is 0 Å². The minimum atomic E-state index is -1.77. The second kappa shape index (κ2) is 8.71. The molecule has 3 rings (SSSR count). The van der Waals surface area contributed by atoms with Crippen molar-refractivity contribution in [3.05, 3.63) is 35.9 Å². The van der Waals surface area contributed by atoms with E-state index in [0.29, 0.717) is 5.75 Å². The molecule has 0 radical (unpaired) electrons. The molecule has 2 aliphatic heterocycles. The van der Waals surface area contributed by atoms with Crippen LogP contribution >= 0.6 is 58.2 Å². The van der Waals surface area contributed by atoms with E-state index in [1.54, 1.807) is 6.92 Å². The molecular formula is C18H18Cl4N2O4S. The molecule has 11 heteroatoms. The molecule has 29 heavy (non-hydrogen) atoms. The monoisotopic (exact) mass is 498 g/mol. The largest absolute Gasteiger partial charge is 0.460 e. The first-order valence-electron chi connectivity index (χ1n) is 8.69. The van der Waals surface area contributed by atoms with Crippen molar-refractivity contribution in [2.75, 3.05) is 12.4 Å². The number of nitrogens with zero attached hydrogens (tertiary/aromatic N) is 1. The maximum atomic E-state index is 12.7. The van der Waals surface area contributed by atoms with Crippen LogP contribution in [0, 0.1) is 0 Å². The zero-order valence-electron chi connectivity index (χ0n) is 15.2. The van der Waals surface area contributed by atoms with Gasteiger partial charge in [-0.2, -0.15) is 0 Å². The summed E-state index contributed by atoms with van der Waals surface area (Å²) in [5.41, 5.74) is 0.839. The molecule has 1 aromatic rings. The molecule has 3 unspecified atom stereocenters. The number of hydrogen-bond donors (Lipinski definition) is 1. The Morgan fingerprint density at radius 2 is 1.97 bits per heavy atom. The Labute approximate surface area is 192 Å². The number of hydrogen-bond acceptors (Lipinski definition) is 5. The summed E-state index contributed by atoms with van der Waals surface area (Å²) in [7, 11) is 0. The topological polar surface area (TPSA) is 75.7 Å². The average molecular weight is 500 g/mol. The van der Waals surface area contributed by atoms with Crippen LogP contribution in [0.1, 0.15) is 12.5 Å². The minimum Gasteiger partial charge on any atom is -0.460 e. The molecule has 0 bridgehead atoms. The number of rotatable bonds is 5. The molecule has 0 aromatic heterocycles. The van der Waals surface area contributed by atoms with E-state index in [4.69, 9.17) is 51.1 Å². The highest BCUT2D eigenvalue weighted by atomic mass is 35.6. The predicted octanol–water partition coefficient (Wildman–Crippen LogP) is 2.91. The number of β-lactam (4-membered cyclic amide) rings is 1. The van der Waals surface area contributed by atoms with Gasteiger partial charge in [-0.1, -0.05) is 65.1 Å². The van der Waals surface area contributed by atoms with E-state index >= 15 is 0 Å². The van der Waals surface area contributed by atoms with Crippen molar-refractivity contribution in [1.82, 2.24) is 10.2 Å². The molecule has 2 saturated heterocycles. The van der Waals surface area contributed by atoms with E-state index in [1.165, 1.54) is 16.7 Å². The maximum absolute atomic E-state index is 12.7. The van der Waals surface area contributed by atoms with Crippen LogP contribution in [0.3, 0.4) is 0 Å². The second-order valence-corrected chi connectivity index (χ2v) is 11.5. The van der Waals surface area contributed by atoms with Gasteiger partial charge in [0.15, 0.2) is 6.04 Å². The van der Waals surface area contributed by atoms with Gasteiger partial charge in [0.2, 0.25) is 15.6 Å². The minimum absolute atomic E-state index is 0.157. The van der Waals surface area contributed by atoms with Gasteiger partial charge in [0.05, 0.1) is 11.3 Å². The van der Waals surface area contributed by atoms with Gasteiger partial charge in [-0.3, -0.25) is 9.59 Å². The SMILES string of the molecule is CC1(Cl)CS[C@@H]2C(NC(=O)Cc3ccccc3)C(=O)N2C1C(=O)OCC(Cl)(Cl)Cl. The van der Waals surface area contributed by atoms with Crippen molar-refractivity contribution in [3.63, 3.8) is 0 Å². The quantitative estimate of drug-likeness (QED) is 0.383. The van der Waals surface area contributed by atoms with Crippen molar-refractivity contribution >= 4 is 75.9 Å². The van der Waals surface area contributed by atoms with Crippen LogP contribution in [0.5, 0.6) is 0 Å². The maximum Gasteiger partial charge on any atom is 0.330 e. The third-order valence-electron chi connectivity index (χ3n) is 4.59. The number of halogens is 4. The number of fused-ring (bicyclic) bond motifs is 1. The van der Waals surface area contributed by atoms with Gasteiger partial charge in [0.1, 0.15) is 18.0 Å². The Kier molecular flexibility index (Phi) is 6.85. The van der Waals surface area contributed by atoms with E-state index in [2.05, 4.69) is 5.32 Å². The predicted molar refractivity (Wildman–Crippen MR) is 114 cm³/mol. The fraction of sp³-hybridized carbons (Fsp3) is 0.500. The highest BCUT2D eigenvalue weighted by molar-refractivity contribution is 8.00. The van der Waals surface area contributed by atoms with E-state index in [1.807, 2.05) is 30.3 Å². The number of carbonyl (C=O) groups is 3. The molecule has 0 saturated carbocycles. The molecule has 2 aliphatic rings. The number of benzene rings is 1. The zero-order chi connectivity index (χ0) is 21.4. The summed E-state index contributed by atoms with van der Waals surface area (Å²) in [6.45, 7) is 1.19. The highest BCUT2D eigenvalue weighted by Crippen LogP contribution is 2.45. The first-order valence-corrected chi connectivity index (χ1v) is 11.2. The lowest BCUT2D eigenvalue weighted by Crippen LogP contribution is -2.78. The van der Waals surface area contributed by atoms with Gasteiger partial charge in [0.25, 0.3) is 0 Å². The lowest BCUT2D eigenvalue weighted by Gasteiger charge is -2.56. The summed E-state index contributed by atoms with van der Waals surface area (Å²) < 4.78 is 3.30. The molecule has 2 fully saturated rings. The number of alkyl halides is 4. The lowest BCUT2D eigenvalue weighted by molar-refractivity contribution is -0.167. The number of esters is 1. The summed E-state index contributed by atoms with van der Waals surface area (Å²) in [6.07, 6.45) is 0.157. The summed E-state index contributed by atoms with van der Waals surface area (Å²) in [5, 5.41) is 2.33. The molecule has 0 spiro atoms. The lowest BCUT2D eigenvalue weighted by atomic mass is 9.94. The van der Waals surface area contributed by atoms with Gasteiger partial charge < -0.3 is 15.0 Å². The van der Waals surface area contributed by atoms with E-state index < -0.39 is 44.6 Å². The van der Waals surface area contributed by atoms with Crippen LogP contribution in [0.2, 0.25) is 0 Å². The Balaban J connectivity index is 1.66. The summed E-state index contributed by atoms with van der Waals surface area (Å²) in [4.78, 5) is 38.0. The van der Waals surface area contributed by atoms with Gasteiger partial charge in [-0.25, -0.2) is 4.79 Å². The Morgan fingerprint density at radius 1 is 1.31 bits per heavy atom. The molecule has 0 aliphatic carbocycles. The summed E-state index contributed by atoms with van der Waals surface area (Å²) in [5.74, 6) is -1.04. The fourth-order valence-electron chi connectivity index (χ4n) is 3.28. The average Bonchev–Trinajstić information content (AvgIpc) is 2.63. The number of thioether (sulfide) groups is 1. The zero-order valence-corrected chi connectivity index (χ0v) is 19.1. The Hall–Kier alpha value is -0.860. The summed E-state index contributed by atoms with van der Waals surface area (Å²) in [6, 6.07) is 7.43. The molecule has 6 nitrogen and oxygen atoms in total. The molecule has 1 aromatic carbocycles. The van der Waals surface area contributed by atoms with Gasteiger partial charge in [-0.05, 0) is 12.5 Å². The molecule has 1 N–H and O–H groups in total. The number of nitrogens with one attached hydrogen (secondary N) is 1. The normalized spacial score (nSPS) is 28.9. The van der Waals surface area contributed by atoms with E-state index in [0.717, 1.165) is 5.56 Å². The van der Waals surface area contributed by atoms with Crippen molar-refractivity contribution in [2.45, 2.75) is 39.5 Å². The van der Waals surface area contributed by atoms with E-state index in [9.17, 15) is 14.4 Å². The molecule has 158 valence electrons. The van der Waals surface area contributed by atoms with Crippen molar-refractivity contribution < 1.29 is 19.1 Å². The van der Waals surface area contributed by atoms with E-state index in [-0.39, 0.29) is 12.3 Å². The number of amides is 2. The van der Waals surface area contributed by atoms with Crippen LogP contribution in [0.15, 0.2) is 30.3 Å². The van der Waals surface area contributed by atoms with Crippen LogP contribution < -0.4 is 5.32 Å². The van der Waals surface area contributed by atoms with Crippen molar-refractivity contribution in [1.29, 1.82) is 0 Å². The Bertz CT molecular complexity index is 803. The third kappa shape index (κ3) is 5.25. The number of ether oxygens (including phenoxy) is 1. The van der Waals surface area contributed by atoms with Crippen molar-refractivity contribution in [2.24, 2.45) is 0 Å². The Morgan fingerprint density at radius 3 is 2.59 bits per heavy atom. The number of carbonyl (C=O) groups excluding carboxylic acids is 3. The van der Waals surface area contributed by atoms with Crippen LogP contribution in [-0.4, -0.2) is 61.2 Å². The third-order valence-corrected chi connectivity index (χ3v) is 7.02. The fourth-order valence-corrected chi connectivity index (χ4v) is 5.25. The highest BCUT2D eigenvalue weighted by Gasteiger charge is 2.61. The second-order valence-electron chi connectivity index (χ2n) is 7.06. The van der Waals surface area contributed by atoms with Gasteiger partial charge in [0, 0.05) is 5.75 Å². The molecule has 2 heterocycles. The molecular weight excluding hydrogens is 482 g/mol. The molecule has 4 atom stereocenters.